The van der Waals surface area contributed by atoms with E-state index in [1.165, 1.54) is 42.5 Å². The van der Waals surface area contributed by atoms with Crippen LogP contribution >= 0.6 is 0 Å². The number of alkyl halides is 3. The summed E-state index contributed by atoms with van der Waals surface area (Å²) in [7, 11) is 0. The smallest absolute Gasteiger partial charge is 0.406 e. The first-order valence-electron chi connectivity index (χ1n) is 14.6. The van der Waals surface area contributed by atoms with Crippen LogP contribution in [0.3, 0.4) is 0 Å². The zero-order chi connectivity index (χ0) is 37.3. The maximum Gasteiger partial charge on any atom is 0.406 e. The van der Waals surface area contributed by atoms with Crippen LogP contribution in [0.1, 0.15) is 43.8 Å². The Bertz CT molecular complexity index is 1680. The van der Waals surface area contributed by atoms with Gasteiger partial charge in [0, 0.05) is 12.1 Å². The lowest BCUT2D eigenvalue weighted by Crippen LogP contribution is -2.46. The number of esters is 2. The lowest BCUT2D eigenvalue weighted by Gasteiger charge is -2.25. The molecule has 1 amide bonds. The Labute approximate surface area is 281 Å². The minimum absolute atomic E-state index is 0.0332. The van der Waals surface area contributed by atoms with Gasteiger partial charge >= 0.3 is 30.1 Å². The fourth-order valence-electron chi connectivity index (χ4n) is 4.48. The molecule has 4 N–H and O–H groups in total. The molecule has 1 aliphatic heterocycles. The topological polar surface area (TPSA) is 174 Å². The molecular weight excluding hydrogens is 675 g/mol. The number of ether oxygens (including phenoxy) is 2. The lowest BCUT2D eigenvalue weighted by molar-refractivity contribution is -0.166. The van der Waals surface area contributed by atoms with Crippen molar-refractivity contribution in [2.75, 3.05) is 13.1 Å². The maximum atomic E-state index is 13.8. The number of nitrogens with zero attached hydrogens (tertiary/aromatic N) is 1. The van der Waals surface area contributed by atoms with Crippen LogP contribution in [0, 0.1) is 25.5 Å². The van der Waals surface area contributed by atoms with Gasteiger partial charge in [0.2, 0.25) is 18.1 Å². The van der Waals surface area contributed by atoms with Crippen LogP contribution < -0.4 is 5.73 Å². The molecule has 4 rings (SSSR count). The van der Waals surface area contributed by atoms with Crippen LogP contribution in [0.2, 0.25) is 0 Å². The number of benzene rings is 3. The van der Waals surface area contributed by atoms with E-state index in [1.807, 2.05) is 0 Å². The Morgan fingerprint density at radius 2 is 1.30 bits per heavy atom. The molecule has 0 aliphatic carbocycles. The number of carbonyl (C=O) groups is 5. The molecule has 0 saturated heterocycles. The van der Waals surface area contributed by atoms with Gasteiger partial charge in [0.25, 0.3) is 0 Å². The van der Waals surface area contributed by atoms with E-state index in [4.69, 9.17) is 15.2 Å². The lowest BCUT2D eigenvalue weighted by atomic mass is 10.0. The standard InChI is InChI=1S/C20H18O8.C14H13F5N2O/c1-11-3-7-13(8-4-11)19(25)27-15(17(21)22)16(18(23)24)28-20(26)14-9-5-12(2)6-10-14;15-10-3-1-2-9(12(10)16)8-4-5-11(20)13(22)21(6-8)7-14(17,18)19/h3-10,15-16H,1-2H3,(H,21,22)(H,23,24);1-4,11H,5-7,20H2/t;11-/m.0/s1. The van der Waals surface area contributed by atoms with Crippen LogP contribution in [0.25, 0.3) is 5.57 Å². The normalized spacial score (nSPS) is 15.8. The van der Waals surface area contributed by atoms with E-state index >= 15 is 0 Å². The molecule has 0 bridgehead atoms. The Morgan fingerprint density at radius 3 is 1.72 bits per heavy atom. The number of amides is 1. The third kappa shape index (κ3) is 10.7. The van der Waals surface area contributed by atoms with Crippen LogP contribution in [-0.4, -0.2) is 82.4 Å². The molecule has 0 radical (unpaired) electrons. The first kappa shape index (κ1) is 38.8. The summed E-state index contributed by atoms with van der Waals surface area (Å²) in [6.07, 6.45) is -7.72. The minimum atomic E-state index is -4.61. The van der Waals surface area contributed by atoms with Crippen LogP contribution in [-0.2, 0) is 23.9 Å². The van der Waals surface area contributed by atoms with Gasteiger partial charge in [-0.2, -0.15) is 13.2 Å². The third-order valence-electron chi connectivity index (χ3n) is 7.08. The van der Waals surface area contributed by atoms with Crippen molar-refractivity contribution >= 4 is 35.4 Å². The molecule has 0 spiro atoms. The molecule has 2 unspecified atom stereocenters. The molecule has 0 fully saturated rings. The molecule has 3 aromatic carbocycles. The van der Waals surface area contributed by atoms with Gasteiger partial charge in [-0.3, -0.25) is 4.79 Å². The van der Waals surface area contributed by atoms with Gasteiger partial charge in [-0.05, 0) is 56.2 Å². The summed E-state index contributed by atoms with van der Waals surface area (Å²) in [5.41, 5.74) is 7.24. The number of hydrogen-bond acceptors (Lipinski definition) is 8. The van der Waals surface area contributed by atoms with E-state index in [0.29, 0.717) is 4.90 Å². The van der Waals surface area contributed by atoms with Crippen LogP contribution in [0.5, 0.6) is 0 Å². The number of carboxylic acid groups (broad SMARTS) is 2. The number of nitrogens with two attached hydrogens (primary N) is 1. The predicted octanol–water partition coefficient (Wildman–Crippen LogP) is 4.69. The molecule has 266 valence electrons. The molecule has 1 aliphatic rings. The van der Waals surface area contributed by atoms with Gasteiger partial charge in [0.1, 0.15) is 6.54 Å². The van der Waals surface area contributed by atoms with Crippen molar-refractivity contribution in [3.05, 3.63) is 112 Å². The fourth-order valence-corrected chi connectivity index (χ4v) is 4.48. The highest BCUT2D eigenvalue weighted by Gasteiger charge is 2.41. The maximum absolute atomic E-state index is 13.8. The second-order valence-corrected chi connectivity index (χ2v) is 11.0. The molecule has 11 nitrogen and oxygen atoms in total. The van der Waals surface area contributed by atoms with Crippen molar-refractivity contribution in [2.24, 2.45) is 5.73 Å². The van der Waals surface area contributed by atoms with Crippen molar-refractivity contribution in [2.45, 2.75) is 44.7 Å². The van der Waals surface area contributed by atoms with Gasteiger partial charge in [0.05, 0.1) is 17.2 Å². The highest BCUT2D eigenvalue weighted by molar-refractivity contribution is 5.95. The number of carbonyl (C=O) groups excluding carboxylic acids is 3. The molecule has 50 heavy (non-hydrogen) atoms. The minimum Gasteiger partial charge on any atom is -0.478 e. The van der Waals surface area contributed by atoms with Crippen LogP contribution in [0.4, 0.5) is 22.0 Å². The Hall–Kier alpha value is -5.64. The summed E-state index contributed by atoms with van der Waals surface area (Å²) in [6, 6.07) is 14.3. The Morgan fingerprint density at radius 1 is 0.840 bits per heavy atom. The summed E-state index contributed by atoms with van der Waals surface area (Å²) in [4.78, 5) is 59.7. The zero-order valence-corrected chi connectivity index (χ0v) is 26.4. The number of carboxylic acids is 2. The van der Waals surface area contributed by atoms with E-state index < -0.39 is 78.9 Å². The van der Waals surface area contributed by atoms with E-state index in [1.54, 1.807) is 38.1 Å². The summed E-state index contributed by atoms with van der Waals surface area (Å²) < 4.78 is 74.4. The monoisotopic (exact) mass is 706 g/mol. The van der Waals surface area contributed by atoms with Gasteiger partial charge in [-0.15, -0.1) is 0 Å². The van der Waals surface area contributed by atoms with E-state index in [-0.39, 0.29) is 28.7 Å². The molecule has 16 heteroatoms. The van der Waals surface area contributed by atoms with Gasteiger partial charge in [-0.1, -0.05) is 53.6 Å². The first-order chi connectivity index (χ1) is 23.4. The Balaban J connectivity index is 0.000000278. The largest absolute Gasteiger partial charge is 0.478 e. The molecule has 3 atom stereocenters. The third-order valence-corrected chi connectivity index (χ3v) is 7.08. The number of hydrogen-bond donors (Lipinski definition) is 3. The van der Waals surface area contributed by atoms with Crippen molar-refractivity contribution < 1.29 is 65.6 Å². The average molecular weight is 707 g/mol. The molecule has 0 aromatic heterocycles. The SMILES string of the molecule is Cc1ccc(C(=O)OC(C(=O)O)C(OC(=O)c2ccc(C)cc2)C(=O)O)cc1.N[C@H]1CC=C(c2cccc(F)c2F)CN(CC(F)(F)F)C1=O. The quantitative estimate of drug-likeness (QED) is 0.209. The first-order valence-corrected chi connectivity index (χ1v) is 14.6. The number of aryl methyl sites for hydroxylation is 2. The Kier molecular flexibility index (Phi) is 12.9. The summed E-state index contributed by atoms with van der Waals surface area (Å²) in [5, 5.41) is 18.6. The molecule has 3 aromatic rings. The molecular formula is C34H31F5N2O9. The van der Waals surface area contributed by atoms with E-state index in [9.17, 15) is 56.1 Å². The van der Waals surface area contributed by atoms with Crippen molar-refractivity contribution in [1.29, 1.82) is 0 Å². The second-order valence-electron chi connectivity index (χ2n) is 11.0. The number of aliphatic carboxylic acids is 2. The summed E-state index contributed by atoms with van der Waals surface area (Å²) in [6.45, 7) is 1.61. The summed E-state index contributed by atoms with van der Waals surface area (Å²) in [5.74, 6) is -8.77. The highest BCUT2D eigenvalue weighted by Crippen LogP contribution is 2.27. The fraction of sp³-hybridized carbons (Fsp3) is 0.265. The second kappa shape index (κ2) is 16.6. The van der Waals surface area contributed by atoms with Crippen molar-refractivity contribution in [3.63, 3.8) is 0 Å². The predicted molar refractivity (Wildman–Crippen MR) is 166 cm³/mol. The van der Waals surface area contributed by atoms with Crippen molar-refractivity contribution in [3.8, 4) is 0 Å². The van der Waals surface area contributed by atoms with E-state index in [0.717, 1.165) is 17.2 Å². The van der Waals surface area contributed by atoms with Crippen molar-refractivity contribution in [1.82, 2.24) is 4.90 Å². The van der Waals surface area contributed by atoms with Gasteiger partial charge < -0.3 is 30.3 Å². The van der Waals surface area contributed by atoms with Crippen LogP contribution in [0.15, 0.2) is 72.8 Å². The number of rotatable bonds is 9. The number of halogens is 5. The zero-order valence-electron chi connectivity index (χ0n) is 26.4. The average Bonchev–Trinajstić information content (AvgIpc) is 3.17. The molecule has 0 saturated carbocycles. The highest BCUT2D eigenvalue weighted by atomic mass is 19.4. The van der Waals surface area contributed by atoms with Gasteiger partial charge in [0.15, 0.2) is 11.6 Å². The molecule has 1 heterocycles. The van der Waals surface area contributed by atoms with Gasteiger partial charge in [-0.25, -0.2) is 28.0 Å². The van der Waals surface area contributed by atoms with E-state index in [2.05, 4.69) is 0 Å². The summed E-state index contributed by atoms with van der Waals surface area (Å²) >= 11 is 0.